The van der Waals surface area contributed by atoms with Crippen molar-refractivity contribution in [1.82, 2.24) is 10.6 Å². The lowest BCUT2D eigenvalue weighted by atomic mass is 10.0. The van der Waals surface area contributed by atoms with Gasteiger partial charge >= 0.3 is 0 Å². The van der Waals surface area contributed by atoms with Crippen molar-refractivity contribution < 1.29 is 9.59 Å². The third kappa shape index (κ3) is 3.59. The molecule has 1 heterocycles. The number of hydrogen-bond acceptors (Lipinski definition) is 2. The van der Waals surface area contributed by atoms with E-state index in [1.807, 2.05) is 37.3 Å². The summed E-state index contributed by atoms with van der Waals surface area (Å²) in [5, 5.41) is 5.65. The minimum Gasteiger partial charge on any atom is -0.348 e. The van der Waals surface area contributed by atoms with Gasteiger partial charge in [0, 0.05) is 6.42 Å². The Bertz CT molecular complexity index is 695. The molecule has 0 aromatic heterocycles. The first-order chi connectivity index (χ1) is 11.1. The molecular weight excluding hydrogens is 288 g/mol. The largest absolute Gasteiger partial charge is 0.348 e. The molecule has 2 aromatic rings. The summed E-state index contributed by atoms with van der Waals surface area (Å²) in [4.78, 5) is 23.3. The van der Waals surface area contributed by atoms with E-state index in [2.05, 4.69) is 34.9 Å². The fourth-order valence-electron chi connectivity index (χ4n) is 2.80. The Morgan fingerprint density at radius 1 is 1.09 bits per heavy atom. The molecule has 0 aliphatic carbocycles. The van der Waals surface area contributed by atoms with Crippen LogP contribution >= 0.6 is 0 Å². The summed E-state index contributed by atoms with van der Waals surface area (Å²) in [6, 6.07) is 17.9. The van der Waals surface area contributed by atoms with Crippen LogP contribution in [0.3, 0.4) is 0 Å². The van der Waals surface area contributed by atoms with E-state index in [1.54, 1.807) is 0 Å². The fourth-order valence-corrected chi connectivity index (χ4v) is 2.80. The molecule has 0 saturated carbocycles. The molecule has 0 unspecified atom stereocenters. The number of benzene rings is 2. The van der Waals surface area contributed by atoms with Gasteiger partial charge in [0.05, 0.1) is 6.04 Å². The summed E-state index contributed by atoms with van der Waals surface area (Å²) in [5.74, 6) is -0.166. The van der Waals surface area contributed by atoms with Crippen molar-refractivity contribution in [2.24, 2.45) is 0 Å². The van der Waals surface area contributed by atoms with Gasteiger partial charge < -0.3 is 10.6 Å². The monoisotopic (exact) mass is 308 g/mol. The van der Waals surface area contributed by atoms with Crippen molar-refractivity contribution in [3.63, 3.8) is 0 Å². The minimum atomic E-state index is -0.395. The van der Waals surface area contributed by atoms with E-state index in [4.69, 9.17) is 0 Å². The quantitative estimate of drug-likeness (QED) is 0.912. The van der Waals surface area contributed by atoms with Crippen molar-refractivity contribution >= 4 is 11.8 Å². The molecule has 23 heavy (non-hydrogen) atoms. The Hall–Kier alpha value is -2.62. The molecule has 3 rings (SSSR count). The van der Waals surface area contributed by atoms with E-state index >= 15 is 0 Å². The molecule has 4 heteroatoms. The average molecular weight is 308 g/mol. The summed E-state index contributed by atoms with van der Waals surface area (Å²) < 4.78 is 0. The van der Waals surface area contributed by atoms with Crippen LogP contribution in [0.4, 0.5) is 0 Å². The van der Waals surface area contributed by atoms with Crippen molar-refractivity contribution in [2.75, 3.05) is 0 Å². The predicted octanol–water partition coefficient (Wildman–Crippen LogP) is 2.81. The van der Waals surface area contributed by atoms with Gasteiger partial charge in [0.1, 0.15) is 6.04 Å². The molecule has 1 fully saturated rings. The van der Waals surface area contributed by atoms with Gasteiger partial charge in [-0.3, -0.25) is 9.59 Å². The second-order valence-electron chi connectivity index (χ2n) is 5.88. The van der Waals surface area contributed by atoms with Crippen LogP contribution in [0, 0.1) is 0 Å². The molecule has 0 spiro atoms. The molecule has 0 radical (unpaired) electrons. The minimum absolute atomic E-state index is 0.0509. The Balaban J connectivity index is 1.65. The molecular formula is C19H20N2O2. The van der Waals surface area contributed by atoms with E-state index in [0.29, 0.717) is 12.8 Å². The lowest BCUT2D eigenvalue weighted by Gasteiger charge is -2.18. The van der Waals surface area contributed by atoms with E-state index in [1.165, 1.54) is 5.56 Å². The molecule has 2 atom stereocenters. The molecule has 1 aliphatic rings. The molecule has 1 aliphatic heterocycles. The predicted molar refractivity (Wildman–Crippen MR) is 89.6 cm³/mol. The number of amides is 2. The number of hydrogen-bond donors (Lipinski definition) is 2. The third-order valence-corrected chi connectivity index (χ3v) is 4.19. The maximum atomic E-state index is 12.1. The number of carbonyl (C=O) groups excluding carboxylic acids is 2. The highest BCUT2D eigenvalue weighted by Crippen LogP contribution is 2.22. The summed E-state index contributed by atoms with van der Waals surface area (Å²) in [6.07, 6.45) is 1.00. The van der Waals surface area contributed by atoms with Crippen LogP contribution in [0.25, 0.3) is 11.1 Å². The SMILES string of the molecule is C[C@@H](NC(=O)[C@@H]1CCC(=O)N1)c1ccc(-c2ccccc2)cc1. The van der Waals surface area contributed by atoms with Crippen LogP contribution in [0.2, 0.25) is 0 Å². The smallest absolute Gasteiger partial charge is 0.243 e. The lowest BCUT2D eigenvalue weighted by molar-refractivity contribution is -0.126. The van der Waals surface area contributed by atoms with Crippen molar-refractivity contribution in [1.29, 1.82) is 0 Å². The van der Waals surface area contributed by atoms with Gasteiger partial charge in [0.15, 0.2) is 0 Å². The van der Waals surface area contributed by atoms with Crippen LogP contribution in [0.5, 0.6) is 0 Å². The highest BCUT2D eigenvalue weighted by atomic mass is 16.2. The van der Waals surface area contributed by atoms with Gasteiger partial charge in [-0.05, 0) is 30.0 Å². The zero-order valence-electron chi connectivity index (χ0n) is 13.1. The molecule has 2 N–H and O–H groups in total. The second-order valence-corrected chi connectivity index (χ2v) is 5.88. The Labute approximate surface area is 135 Å². The highest BCUT2D eigenvalue weighted by molar-refractivity contribution is 5.90. The van der Waals surface area contributed by atoms with Crippen LogP contribution in [-0.4, -0.2) is 17.9 Å². The molecule has 1 saturated heterocycles. The summed E-state index contributed by atoms with van der Waals surface area (Å²) in [7, 11) is 0. The van der Waals surface area contributed by atoms with Gasteiger partial charge in [-0.2, -0.15) is 0 Å². The normalized spacial score (nSPS) is 18.3. The average Bonchev–Trinajstić information content (AvgIpc) is 3.02. The van der Waals surface area contributed by atoms with Crippen molar-refractivity contribution in [3.05, 3.63) is 60.2 Å². The van der Waals surface area contributed by atoms with Gasteiger partial charge in [0.25, 0.3) is 0 Å². The first-order valence-corrected chi connectivity index (χ1v) is 7.88. The van der Waals surface area contributed by atoms with Crippen LogP contribution in [0.1, 0.15) is 31.4 Å². The highest BCUT2D eigenvalue weighted by Gasteiger charge is 2.27. The van der Waals surface area contributed by atoms with Crippen molar-refractivity contribution in [3.8, 4) is 11.1 Å². The molecule has 2 aromatic carbocycles. The van der Waals surface area contributed by atoms with Crippen LogP contribution in [0.15, 0.2) is 54.6 Å². The third-order valence-electron chi connectivity index (χ3n) is 4.19. The van der Waals surface area contributed by atoms with Gasteiger partial charge in [-0.25, -0.2) is 0 Å². The van der Waals surface area contributed by atoms with Gasteiger partial charge in [-0.1, -0.05) is 54.6 Å². The van der Waals surface area contributed by atoms with Crippen LogP contribution in [-0.2, 0) is 9.59 Å². The molecule has 0 bridgehead atoms. The maximum absolute atomic E-state index is 12.1. The Morgan fingerprint density at radius 2 is 1.74 bits per heavy atom. The van der Waals surface area contributed by atoms with E-state index in [-0.39, 0.29) is 17.9 Å². The second kappa shape index (κ2) is 6.65. The zero-order valence-corrected chi connectivity index (χ0v) is 13.1. The van der Waals surface area contributed by atoms with Crippen molar-refractivity contribution in [2.45, 2.75) is 31.8 Å². The van der Waals surface area contributed by atoms with E-state index < -0.39 is 6.04 Å². The molecule has 4 nitrogen and oxygen atoms in total. The van der Waals surface area contributed by atoms with Crippen LogP contribution < -0.4 is 10.6 Å². The first-order valence-electron chi connectivity index (χ1n) is 7.88. The standard InChI is InChI=1S/C19H20N2O2/c1-13(20-19(23)17-11-12-18(22)21-17)14-7-9-16(10-8-14)15-5-3-2-4-6-15/h2-10,13,17H,11-12H2,1H3,(H,20,23)(H,21,22)/t13-,17+/m1/s1. The zero-order chi connectivity index (χ0) is 16.2. The number of nitrogens with one attached hydrogen (secondary N) is 2. The van der Waals surface area contributed by atoms with Gasteiger partial charge in [-0.15, -0.1) is 0 Å². The molecule has 118 valence electrons. The first kappa shape index (κ1) is 15.3. The number of carbonyl (C=O) groups is 2. The fraction of sp³-hybridized carbons (Fsp3) is 0.263. The maximum Gasteiger partial charge on any atom is 0.243 e. The summed E-state index contributed by atoms with van der Waals surface area (Å²) >= 11 is 0. The topological polar surface area (TPSA) is 58.2 Å². The Kier molecular flexibility index (Phi) is 4.42. The number of rotatable bonds is 4. The Morgan fingerprint density at radius 3 is 2.35 bits per heavy atom. The molecule has 2 amide bonds. The summed E-state index contributed by atoms with van der Waals surface area (Å²) in [6.45, 7) is 1.95. The van der Waals surface area contributed by atoms with E-state index in [0.717, 1.165) is 11.1 Å². The van der Waals surface area contributed by atoms with Gasteiger partial charge in [0.2, 0.25) is 11.8 Å². The van der Waals surface area contributed by atoms with E-state index in [9.17, 15) is 9.59 Å². The lowest BCUT2D eigenvalue weighted by Crippen LogP contribution is -2.42. The summed E-state index contributed by atoms with van der Waals surface area (Å²) in [5.41, 5.74) is 3.36.